The Morgan fingerprint density at radius 3 is 2.68 bits per heavy atom. The second-order valence-electron chi connectivity index (χ2n) is 5.13. The van der Waals surface area contributed by atoms with Gasteiger partial charge in [-0.3, -0.25) is 14.9 Å². The van der Waals surface area contributed by atoms with Crippen LogP contribution in [0.15, 0.2) is 42.5 Å². The van der Waals surface area contributed by atoms with Crippen LogP contribution >= 0.6 is 11.6 Å². The summed E-state index contributed by atoms with van der Waals surface area (Å²) in [6.07, 6.45) is -0.388. The third kappa shape index (κ3) is 4.68. The van der Waals surface area contributed by atoms with Crippen molar-refractivity contribution in [3.05, 3.63) is 68.7 Å². The molecule has 1 amide bonds. The Labute approximate surface area is 149 Å². The molecule has 0 fully saturated rings. The molecular formula is C17H17ClN2O5. The van der Waals surface area contributed by atoms with Crippen LogP contribution in [0, 0.1) is 10.1 Å². The topological polar surface area (TPSA) is 90.7 Å². The number of methoxy groups -OCH3 is 2. The lowest BCUT2D eigenvalue weighted by atomic mass is 10.1. The monoisotopic (exact) mass is 364 g/mol. The normalized spacial score (nSPS) is 11.6. The second kappa shape index (κ2) is 8.46. The fourth-order valence-corrected chi connectivity index (χ4v) is 2.45. The zero-order valence-electron chi connectivity index (χ0n) is 13.7. The van der Waals surface area contributed by atoms with E-state index in [0.29, 0.717) is 5.75 Å². The van der Waals surface area contributed by atoms with Crippen LogP contribution in [0.3, 0.4) is 0 Å². The fourth-order valence-electron chi connectivity index (χ4n) is 2.26. The quantitative estimate of drug-likeness (QED) is 0.600. The van der Waals surface area contributed by atoms with Gasteiger partial charge in [-0.15, -0.1) is 0 Å². The Bertz CT molecular complexity index is 781. The maximum absolute atomic E-state index is 12.2. The molecule has 0 heterocycles. The lowest BCUT2D eigenvalue weighted by molar-refractivity contribution is -0.384. The van der Waals surface area contributed by atoms with Crippen molar-refractivity contribution in [2.75, 3.05) is 20.8 Å². The standard InChI is InChI=1S/C17H17ClN2O5/c1-24-13-5-3-4-11(8-13)16(25-2)10-19-17(21)12-6-7-14(18)15(9-12)20(22)23/h3-9,16H,10H2,1-2H3,(H,19,21). The Morgan fingerprint density at radius 1 is 1.28 bits per heavy atom. The number of ether oxygens (including phenoxy) is 2. The van der Waals surface area contributed by atoms with E-state index in [9.17, 15) is 14.9 Å². The van der Waals surface area contributed by atoms with Crippen molar-refractivity contribution in [3.8, 4) is 5.75 Å². The van der Waals surface area contributed by atoms with Crippen LogP contribution in [0.1, 0.15) is 22.0 Å². The molecule has 1 unspecified atom stereocenters. The summed E-state index contributed by atoms with van der Waals surface area (Å²) in [5.41, 5.74) is 0.672. The summed E-state index contributed by atoms with van der Waals surface area (Å²) in [4.78, 5) is 22.5. The minimum atomic E-state index is -0.632. The first-order chi connectivity index (χ1) is 12.0. The number of nitrogens with zero attached hydrogens (tertiary/aromatic N) is 1. The largest absolute Gasteiger partial charge is 0.497 e. The summed E-state index contributed by atoms with van der Waals surface area (Å²) in [6, 6.07) is 11.2. The molecular weight excluding hydrogens is 348 g/mol. The van der Waals surface area contributed by atoms with E-state index in [1.807, 2.05) is 24.3 Å². The van der Waals surface area contributed by atoms with Gasteiger partial charge in [0.05, 0.1) is 18.1 Å². The SMILES string of the molecule is COc1cccc(C(CNC(=O)c2ccc(Cl)c([N+](=O)[O-])c2)OC)c1. The van der Waals surface area contributed by atoms with E-state index in [1.165, 1.54) is 19.2 Å². The van der Waals surface area contributed by atoms with Crippen LogP contribution in [-0.2, 0) is 4.74 Å². The minimum Gasteiger partial charge on any atom is -0.497 e. The van der Waals surface area contributed by atoms with Crippen LogP contribution in [0.4, 0.5) is 5.69 Å². The van der Waals surface area contributed by atoms with Gasteiger partial charge < -0.3 is 14.8 Å². The Hall–Kier alpha value is -2.64. The smallest absolute Gasteiger partial charge is 0.288 e. The number of hydrogen-bond donors (Lipinski definition) is 1. The molecule has 2 rings (SSSR count). The van der Waals surface area contributed by atoms with Crippen molar-refractivity contribution < 1.29 is 19.2 Å². The van der Waals surface area contributed by atoms with E-state index in [2.05, 4.69) is 5.32 Å². The number of benzene rings is 2. The zero-order valence-corrected chi connectivity index (χ0v) is 14.4. The van der Waals surface area contributed by atoms with E-state index in [4.69, 9.17) is 21.1 Å². The number of rotatable bonds is 7. The third-order valence-electron chi connectivity index (χ3n) is 3.60. The number of carbonyl (C=O) groups excluding carboxylic acids is 1. The fraction of sp³-hybridized carbons (Fsp3) is 0.235. The predicted octanol–water partition coefficient (Wildman–Crippen LogP) is 3.37. The van der Waals surface area contributed by atoms with E-state index >= 15 is 0 Å². The number of nitrogens with one attached hydrogen (secondary N) is 1. The van der Waals surface area contributed by atoms with Crippen LogP contribution < -0.4 is 10.1 Å². The Balaban J connectivity index is 2.09. The number of nitro groups is 1. The van der Waals surface area contributed by atoms with Crippen LogP contribution in [0.25, 0.3) is 0 Å². The molecule has 25 heavy (non-hydrogen) atoms. The first-order valence-electron chi connectivity index (χ1n) is 7.35. The molecule has 8 heteroatoms. The number of carbonyl (C=O) groups is 1. The average molecular weight is 365 g/mol. The predicted molar refractivity (Wildman–Crippen MR) is 93.2 cm³/mol. The third-order valence-corrected chi connectivity index (χ3v) is 3.92. The first-order valence-corrected chi connectivity index (χ1v) is 7.73. The molecule has 0 bridgehead atoms. The number of hydrogen-bond acceptors (Lipinski definition) is 5. The molecule has 1 atom stereocenters. The van der Waals surface area contributed by atoms with Gasteiger partial charge in [0.1, 0.15) is 10.8 Å². The molecule has 132 valence electrons. The molecule has 0 aliphatic heterocycles. The number of nitro benzene ring substituents is 1. The van der Waals surface area contributed by atoms with E-state index in [-0.39, 0.29) is 28.9 Å². The van der Waals surface area contributed by atoms with Crippen molar-refractivity contribution in [1.82, 2.24) is 5.32 Å². The molecule has 0 aliphatic carbocycles. The second-order valence-corrected chi connectivity index (χ2v) is 5.54. The van der Waals surface area contributed by atoms with Crippen LogP contribution in [0.5, 0.6) is 5.75 Å². The van der Waals surface area contributed by atoms with Crippen molar-refractivity contribution in [2.24, 2.45) is 0 Å². The van der Waals surface area contributed by atoms with Crippen LogP contribution in [-0.4, -0.2) is 31.6 Å². The van der Waals surface area contributed by atoms with Gasteiger partial charge in [-0.1, -0.05) is 23.7 Å². The van der Waals surface area contributed by atoms with Gasteiger partial charge in [0, 0.05) is 25.3 Å². The molecule has 0 spiro atoms. The van der Waals surface area contributed by atoms with Crippen LogP contribution in [0.2, 0.25) is 5.02 Å². The number of halogens is 1. The summed E-state index contributed by atoms with van der Waals surface area (Å²) >= 11 is 5.75. The Morgan fingerprint density at radius 2 is 2.04 bits per heavy atom. The van der Waals surface area contributed by atoms with Crippen molar-refractivity contribution in [2.45, 2.75) is 6.10 Å². The van der Waals surface area contributed by atoms with E-state index in [1.54, 1.807) is 7.11 Å². The van der Waals surface area contributed by atoms with E-state index < -0.39 is 10.8 Å². The lowest BCUT2D eigenvalue weighted by Crippen LogP contribution is -2.29. The molecule has 0 saturated carbocycles. The van der Waals surface area contributed by atoms with Gasteiger partial charge in [0.2, 0.25) is 0 Å². The highest BCUT2D eigenvalue weighted by molar-refractivity contribution is 6.32. The van der Waals surface area contributed by atoms with Gasteiger partial charge in [-0.05, 0) is 29.8 Å². The summed E-state index contributed by atoms with van der Waals surface area (Å²) < 4.78 is 10.6. The highest BCUT2D eigenvalue weighted by Gasteiger charge is 2.18. The summed E-state index contributed by atoms with van der Waals surface area (Å²) in [5.74, 6) is 0.226. The van der Waals surface area contributed by atoms with Crippen molar-refractivity contribution in [3.63, 3.8) is 0 Å². The van der Waals surface area contributed by atoms with Gasteiger partial charge >= 0.3 is 0 Å². The zero-order chi connectivity index (χ0) is 18.4. The maximum Gasteiger partial charge on any atom is 0.288 e. The molecule has 7 nitrogen and oxygen atoms in total. The summed E-state index contributed by atoms with van der Waals surface area (Å²) in [5, 5.41) is 13.6. The lowest BCUT2D eigenvalue weighted by Gasteiger charge is -2.17. The highest BCUT2D eigenvalue weighted by atomic mass is 35.5. The van der Waals surface area contributed by atoms with Gasteiger partial charge in [0.25, 0.3) is 11.6 Å². The number of amides is 1. The summed E-state index contributed by atoms with van der Waals surface area (Å²) in [7, 11) is 3.10. The van der Waals surface area contributed by atoms with Gasteiger partial charge in [-0.2, -0.15) is 0 Å². The summed E-state index contributed by atoms with van der Waals surface area (Å²) in [6.45, 7) is 0.193. The van der Waals surface area contributed by atoms with Crippen molar-refractivity contribution in [1.29, 1.82) is 0 Å². The van der Waals surface area contributed by atoms with Crippen molar-refractivity contribution >= 4 is 23.2 Å². The van der Waals surface area contributed by atoms with Gasteiger partial charge in [0.15, 0.2) is 0 Å². The maximum atomic E-state index is 12.2. The molecule has 2 aromatic carbocycles. The van der Waals surface area contributed by atoms with Gasteiger partial charge in [-0.25, -0.2) is 0 Å². The highest BCUT2D eigenvalue weighted by Crippen LogP contribution is 2.25. The Kier molecular flexibility index (Phi) is 6.32. The molecule has 1 N–H and O–H groups in total. The average Bonchev–Trinajstić information content (AvgIpc) is 2.62. The minimum absolute atomic E-state index is 0.0206. The first kappa shape index (κ1) is 18.7. The molecule has 0 radical (unpaired) electrons. The van der Waals surface area contributed by atoms with E-state index in [0.717, 1.165) is 11.6 Å². The molecule has 0 aromatic heterocycles. The molecule has 0 saturated heterocycles. The molecule has 0 aliphatic rings. The molecule has 2 aromatic rings.